The number of benzene rings is 3. The van der Waals surface area contributed by atoms with Crippen molar-refractivity contribution >= 4 is 11.6 Å². The predicted molar refractivity (Wildman–Crippen MR) is 142 cm³/mol. The molecule has 0 radical (unpaired) electrons. The molecule has 1 amide bonds. The number of hydrogen-bond donors (Lipinski definition) is 2. The van der Waals surface area contributed by atoms with E-state index in [1.54, 1.807) is 0 Å². The molecule has 5 rings (SSSR count). The number of carbonyl (C=O) groups is 1. The van der Waals surface area contributed by atoms with Crippen molar-refractivity contribution in [2.45, 2.75) is 36.9 Å². The number of nitrogens with zero attached hydrogens (tertiary/aromatic N) is 2. The van der Waals surface area contributed by atoms with Crippen LogP contribution in [0.1, 0.15) is 35.6 Å². The van der Waals surface area contributed by atoms with Gasteiger partial charge in [0, 0.05) is 31.7 Å². The van der Waals surface area contributed by atoms with Crippen molar-refractivity contribution in [2.24, 2.45) is 0 Å². The van der Waals surface area contributed by atoms with E-state index in [0.29, 0.717) is 5.75 Å². The number of carbonyl (C=O) groups excluding carboxylic acids is 1. The van der Waals surface area contributed by atoms with Crippen LogP contribution < -0.4 is 15.0 Å². The van der Waals surface area contributed by atoms with E-state index in [9.17, 15) is 9.90 Å². The molecule has 2 aliphatic rings. The standard InChI is InChI=1S/C30H35N3O3/c1-32(2)23-14-12-22(13-15-23)20-33-18-16-30(17-19-33)26-11-7-6-10-25(26)28(29(30)35)31-27(34)21-36-24-8-4-3-5-9-24/h3-15,28-29,35H,16-21H2,1-2H3,(H,31,34)/t28-,29+/m1/s1. The van der Waals surface area contributed by atoms with Gasteiger partial charge in [0.2, 0.25) is 0 Å². The van der Waals surface area contributed by atoms with Crippen LogP contribution in [0.15, 0.2) is 78.9 Å². The third kappa shape index (κ3) is 4.84. The molecule has 0 bridgehead atoms. The van der Waals surface area contributed by atoms with Crippen LogP contribution in [-0.2, 0) is 16.8 Å². The minimum Gasteiger partial charge on any atom is -0.484 e. The second-order valence-corrected chi connectivity index (χ2v) is 10.2. The van der Waals surface area contributed by atoms with Crippen molar-refractivity contribution in [1.29, 1.82) is 0 Å². The van der Waals surface area contributed by atoms with E-state index in [1.165, 1.54) is 16.8 Å². The van der Waals surface area contributed by atoms with Gasteiger partial charge in [-0.25, -0.2) is 0 Å². The first-order valence-corrected chi connectivity index (χ1v) is 12.7. The van der Waals surface area contributed by atoms with Crippen molar-refractivity contribution in [2.75, 3.05) is 38.7 Å². The van der Waals surface area contributed by atoms with Gasteiger partial charge < -0.3 is 20.1 Å². The van der Waals surface area contributed by atoms with Gasteiger partial charge in [0.15, 0.2) is 6.61 Å². The van der Waals surface area contributed by atoms with Gasteiger partial charge in [-0.15, -0.1) is 0 Å². The maximum absolute atomic E-state index is 12.8. The lowest BCUT2D eigenvalue weighted by atomic mass is 9.72. The highest BCUT2D eigenvalue weighted by Gasteiger charge is 2.52. The van der Waals surface area contributed by atoms with E-state index in [1.807, 2.05) is 48.5 Å². The lowest BCUT2D eigenvalue weighted by molar-refractivity contribution is -0.125. The highest BCUT2D eigenvalue weighted by atomic mass is 16.5. The number of para-hydroxylation sites is 1. The summed E-state index contributed by atoms with van der Waals surface area (Å²) in [5.41, 5.74) is 4.34. The second-order valence-electron chi connectivity index (χ2n) is 10.2. The van der Waals surface area contributed by atoms with Crippen molar-refractivity contribution in [3.8, 4) is 5.75 Å². The Bertz CT molecular complexity index is 1170. The second kappa shape index (κ2) is 10.3. The molecule has 36 heavy (non-hydrogen) atoms. The monoisotopic (exact) mass is 485 g/mol. The summed E-state index contributed by atoms with van der Waals surface area (Å²) in [5, 5.41) is 14.7. The molecule has 188 valence electrons. The maximum Gasteiger partial charge on any atom is 0.258 e. The van der Waals surface area contributed by atoms with E-state index in [0.717, 1.165) is 38.0 Å². The molecule has 1 aliphatic heterocycles. The summed E-state index contributed by atoms with van der Waals surface area (Å²) in [6.45, 7) is 2.62. The molecular formula is C30H35N3O3. The molecule has 0 saturated carbocycles. The highest BCUT2D eigenvalue weighted by Crippen LogP contribution is 2.51. The van der Waals surface area contributed by atoms with E-state index in [-0.39, 0.29) is 17.9 Å². The zero-order valence-corrected chi connectivity index (χ0v) is 21.1. The number of anilines is 1. The Morgan fingerprint density at radius 2 is 1.67 bits per heavy atom. The Hall–Kier alpha value is -3.35. The summed E-state index contributed by atoms with van der Waals surface area (Å²) in [6, 6.07) is 25.8. The minimum absolute atomic E-state index is 0.0806. The van der Waals surface area contributed by atoms with E-state index >= 15 is 0 Å². The number of amides is 1. The topological polar surface area (TPSA) is 65.0 Å². The molecule has 3 aromatic rings. The van der Waals surface area contributed by atoms with Crippen LogP contribution in [0.25, 0.3) is 0 Å². The van der Waals surface area contributed by atoms with E-state index < -0.39 is 12.1 Å². The summed E-state index contributed by atoms with van der Waals surface area (Å²) >= 11 is 0. The summed E-state index contributed by atoms with van der Waals surface area (Å²) in [4.78, 5) is 17.3. The smallest absolute Gasteiger partial charge is 0.258 e. The number of aliphatic hydroxyl groups excluding tert-OH is 1. The van der Waals surface area contributed by atoms with Gasteiger partial charge in [0.25, 0.3) is 5.91 Å². The molecule has 1 spiro atoms. The van der Waals surface area contributed by atoms with E-state index in [4.69, 9.17) is 4.74 Å². The Morgan fingerprint density at radius 3 is 2.36 bits per heavy atom. The number of nitrogens with one attached hydrogen (secondary N) is 1. The first-order valence-electron chi connectivity index (χ1n) is 12.7. The molecule has 1 saturated heterocycles. The van der Waals surface area contributed by atoms with Gasteiger partial charge in [0.1, 0.15) is 5.75 Å². The average Bonchev–Trinajstić information content (AvgIpc) is 3.12. The van der Waals surface area contributed by atoms with Crippen LogP contribution in [-0.4, -0.2) is 55.8 Å². The summed E-state index contributed by atoms with van der Waals surface area (Å²) in [7, 11) is 4.10. The zero-order chi connectivity index (χ0) is 25.1. The maximum atomic E-state index is 12.8. The van der Waals surface area contributed by atoms with Crippen LogP contribution in [0.5, 0.6) is 5.75 Å². The third-order valence-electron chi connectivity index (χ3n) is 7.75. The van der Waals surface area contributed by atoms with Gasteiger partial charge in [-0.3, -0.25) is 9.69 Å². The van der Waals surface area contributed by atoms with Crippen LogP contribution in [0.4, 0.5) is 5.69 Å². The molecule has 2 N–H and O–H groups in total. The summed E-state index contributed by atoms with van der Waals surface area (Å²) < 4.78 is 5.63. The number of rotatable bonds is 7. The van der Waals surface area contributed by atoms with Crippen LogP contribution in [0, 0.1) is 0 Å². The molecule has 1 heterocycles. The third-order valence-corrected chi connectivity index (χ3v) is 7.75. The number of hydrogen-bond acceptors (Lipinski definition) is 5. The molecule has 3 aromatic carbocycles. The van der Waals surface area contributed by atoms with E-state index in [2.05, 4.69) is 59.5 Å². The average molecular weight is 486 g/mol. The molecule has 0 unspecified atom stereocenters. The SMILES string of the molecule is CN(C)c1ccc(CN2CCC3(CC2)c2ccccc2[C@@H](NC(=O)COc2ccccc2)[C@@H]3O)cc1. The first kappa shape index (κ1) is 24.3. The lowest BCUT2D eigenvalue weighted by Crippen LogP contribution is -2.49. The zero-order valence-electron chi connectivity index (χ0n) is 21.1. The predicted octanol–water partition coefficient (Wildman–Crippen LogP) is 3.90. The van der Waals surface area contributed by atoms with Crippen LogP contribution >= 0.6 is 0 Å². The van der Waals surface area contributed by atoms with Gasteiger partial charge >= 0.3 is 0 Å². The van der Waals surface area contributed by atoms with Gasteiger partial charge in [-0.2, -0.15) is 0 Å². The number of piperidine rings is 1. The first-order chi connectivity index (χ1) is 17.5. The molecule has 1 aliphatic carbocycles. The number of fused-ring (bicyclic) bond motifs is 2. The fourth-order valence-electron chi connectivity index (χ4n) is 5.74. The van der Waals surface area contributed by atoms with Crippen molar-refractivity contribution in [1.82, 2.24) is 10.2 Å². The molecular weight excluding hydrogens is 450 g/mol. The van der Waals surface area contributed by atoms with Gasteiger partial charge in [0.05, 0.1) is 12.1 Å². The van der Waals surface area contributed by atoms with Crippen LogP contribution in [0.2, 0.25) is 0 Å². The molecule has 0 aromatic heterocycles. The van der Waals surface area contributed by atoms with Crippen molar-refractivity contribution < 1.29 is 14.6 Å². The molecule has 1 fully saturated rings. The minimum atomic E-state index is -0.669. The number of likely N-dealkylation sites (tertiary alicyclic amines) is 1. The Morgan fingerprint density at radius 1 is 1.00 bits per heavy atom. The Kier molecular flexibility index (Phi) is 6.99. The van der Waals surface area contributed by atoms with Crippen LogP contribution in [0.3, 0.4) is 0 Å². The van der Waals surface area contributed by atoms with Crippen molar-refractivity contribution in [3.63, 3.8) is 0 Å². The molecule has 6 heteroatoms. The Balaban J connectivity index is 1.25. The number of aliphatic hydroxyl groups is 1. The highest BCUT2D eigenvalue weighted by molar-refractivity contribution is 5.78. The Labute approximate surface area is 213 Å². The van der Waals surface area contributed by atoms with Gasteiger partial charge in [-0.1, -0.05) is 54.6 Å². The lowest BCUT2D eigenvalue weighted by Gasteiger charge is -2.43. The number of ether oxygens (including phenoxy) is 1. The summed E-state index contributed by atoms with van der Waals surface area (Å²) in [6.07, 6.45) is 1.04. The van der Waals surface area contributed by atoms with Crippen molar-refractivity contribution in [3.05, 3.63) is 95.6 Å². The summed E-state index contributed by atoms with van der Waals surface area (Å²) in [5.74, 6) is 0.425. The molecule has 6 nitrogen and oxygen atoms in total. The van der Waals surface area contributed by atoms with Gasteiger partial charge in [-0.05, 0) is 66.9 Å². The quantitative estimate of drug-likeness (QED) is 0.532. The fraction of sp³-hybridized carbons (Fsp3) is 0.367. The normalized spacial score (nSPS) is 20.6. The molecule has 2 atom stereocenters. The fourth-order valence-corrected chi connectivity index (χ4v) is 5.74. The largest absolute Gasteiger partial charge is 0.484 e.